The summed E-state index contributed by atoms with van der Waals surface area (Å²) in [6.45, 7) is 0. The molecule has 0 aromatic carbocycles. The molecule has 2 amide bonds. The number of urea groups is 1. The normalized spacial score (nSPS) is 22.1. The molecule has 2 atom stereocenters. The zero-order valence-corrected chi connectivity index (χ0v) is 8.66. The van der Waals surface area contributed by atoms with Gasteiger partial charge in [-0.3, -0.25) is 4.79 Å². The Morgan fingerprint density at radius 2 is 2.40 bits per heavy atom. The van der Waals surface area contributed by atoms with Crippen LogP contribution in [-0.4, -0.2) is 46.5 Å². The van der Waals surface area contributed by atoms with Gasteiger partial charge in [0, 0.05) is 11.5 Å². The van der Waals surface area contributed by atoms with Gasteiger partial charge in [-0.25, -0.2) is 4.79 Å². The van der Waals surface area contributed by atoms with Gasteiger partial charge in [0.1, 0.15) is 11.9 Å². The summed E-state index contributed by atoms with van der Waals surface area (Å²) >= 11 is 1.31. The third-order valence-electron chi connectivity index (χ3n) is 1.78. The van der Waals surface area contributed by atoms with E-state index in [0.29, 0.717) is 5.75 Å². The van der Waals surface area contributed by atoms with E-state index in [1.54, 1.807) is 0 Å². The molecule has 0 aromatic heterocycles. The number of aliphatic imine (C=N–C) groups is 1. The molecule has 84 valence electrons. The summed E-state index contributed by atoms with van der Waals surface area (Å²) < 4.78 is 0. The Hall–Kier alpha value is -1.28. The molecular weight excluding hydrogens is 220 g/mol. The molecule has 1 aliphatic heterocycles. The number of hydrogen-bond acceptors (Lipinski definition) is 5. The molecule has 0 bridgehead atoms. The molecule has 0 spiro atoms. The summed E-state index contributed by atoms with van der Waals surface area (Å²) in [6, 6.07) is -1.67. The van der Waals surface area contributed by atoms with Crippen LogP contribution >= 0.6 is 11.8 Å². The minimum Gasteiger partial charge on any atom is -0.480 e. The number of carbonyl (C=O) groups excluding carboxylic acids is 1. The summed E-state index contributed by atoms with van der Waals surface area (Å²) in [6.07, 6.45) is 0. The van der Waals surface area contributed by atoms with Crippen LogP contribution in [0.4, 0.5) is 4.79 Å². The number of carbonyl (C=O) groups is 2. The predicted octanol–water partition coefficient (Wildman–Crippen LogP) is -1.42. The molecule has 0 fully saturated rings. The zero-order chi connectivity index (χ0) is 11.4. The number of thioether (sulfide) groups is 1. The fourth-order valence-corrected chi connectivity index (χ4v) is 1.98. The second-order valence-corrected chi connectivity index (χ2v) is 4.10. The van der Waals surface area contributed by atoms with Crippen molar-refractivity contribution in [2.45, 2.75) is 12.1 Å². The molecular formula is C7H12N4O3S. The maximum Gasteiger partial charge on any atom is 0.343 e. The lowest BCUT2D eigenvalue weighted by Crippen LogP contribution is -2.39. The van der Waals surface area contributed by atoms with Gasteiger partial charge in [0.15, 0.2) is 0 Å². The van der Waals surface area contributed by atoms with E-state index in [2.05, 4.69) is 10.3 Å². The highest BCUT2D eigenvalue weighted by atomic mass is 32.2. The highest BCUT2D eigenvalue weighted by Crippen LogP contribution is 2.08. The lowest BCUT2D eigenvalue weighted by Gasteiger charge is -2.11. The van der Waals surface area contributed by atoms with Crippen LogP contribution < -0.4 is 16.8 Å². The molecule has 1 unspecified atom stereocenters. The van der Waals surface area contributed by atoms with Gasteiger partial charge in [0.05, 0.1) is 6.04 Å². The third kappa shape index (κ3) is 3.40. The Labute approximate surface area is 90.3 Å². The van der Waals surface area contributed by atoms with Crippen LogP contribution in [0.2, 0.25) is 0 Å². The SMILES string of the molecule is NC1=NC(=O)NC1CSC[C@H](N)C(=O)O. The fraction of sp³-hybridized carbons (Fsp3) is 0.571. The van der Waals surface area contributed by atoms with Crippen LogP contribution in [0.3, 0.4) is 0 Å². The van der Waals surface area contributed by atoms with Gasteiger partial charge >= 0.3 is 12.0 Å². The predicted molar refractivity (Wildman–Crippen MR) is 56.9 cm³/mol. The summed E-state index contributed by atoms with van der Waals surface area (Å²) in [5, 5.41) is 11.0. The molecule has 1 aliphatic rings. The van der Waals surface area contributed by atoms with Gasteiger partial charge in [0.25, 0.3) is 0 Å². The molecule has 6 N–H and O–H groups in total. The van der Waals surface area contributed by atoms with Crippen molar-refractivity contribution in [3.8, 4) is 0 Å². The summed E-state index contributed by atoms with van der Waals surface area (Å²) in [4.78, 5) is 24.6. The van der Waals surface area contributed by atoms with E-state index in [0.717, 1.165) is 0 Å². The van der Waals surface area contributed by atoms with Crippen molar-refractivity contribution < 1.29 is 14.7 Å². The summed E-state index contributed by atoms with van der Waals surface area (Å²) in [5.74, 6) is -0.0622. The van der Waals surface area contributed by atoms with E-state index < -0.39 is 18.0 Å². The van der Waals surface area contributed by atoms with E-state index in [1.165, 1.54) is 11.8 Å². The summed E-state index contributed by atoms with van der Waals surface area (Å²) in [7, 11) is 0. The molecule has 0 aromatic rings. The average molecular weight is 232 g/mol. The highest BCUT2D eigenvalue weighted by Gasteiger charge is 2.23. The van der Waals surface area contributed by atoms with Crippen molar-refractivity contribution in [1.82, 2.24) is 5.32 Å². The molecule has 0 aliphatic carbocycles. The molecule has 0 radical (unpaired) electrons. The molecule has 8 heteroatoms. The lowest BCUT2D eigenvalue weighted by molar-refractivity contribution is -0.137. The standard InChI is InChI=1S/C7H12N4O3S/c8-3(6(12)13)1-15-2-4-5(9)11-7(14)10-4/h3-4H,1-2,8H2,(H,12,13)(H3,9,10,11,14)/t3-,4?/m0/s1. The molecule has 1 heterocycles. The Kier molecular flexibility index (Phi) is 3.92. The monoisotopic (exact) mass is 232 g/mol. The van der Waals surface area contributed by atoms with E-state index in [4.69, 9.17) is 16.6 Å². The van der Waals surface area contributed by atoms with E-state index in [1.807, 2.05) is 0 Å². The van der Waals surface area contributed by atoms with Gasteiger partial charge in [-0.15, -0.1) is 0 Å². The number of amidine groups is 1. The molecule has 0 saturated heterocycles. The maximum absolute atomic E-state index is 10.8. The zero-order valence-electron chi connectivity index (χ0n) is 7.84. The largest absolute Gasteiger partial charge is 0.480 e. The molecule has 0 saturated carbocycles. The first-order chi connectivity index (χ1) is 7.00. The molecule has 15 heavy (non-hydrogen) atoms. The quantitative estimate of drug-likeness (QED) is 0.460. The first kappa shape index (κ1) is 11.8. The van der Waals surface area contributed by atoms with E-state index in [9.17, 15) is 9.59 Å². The lowest BCUT2D eigenvalue weighted by atomic mass is 10.3. The number of carboxylic acid groups (broad SMARTS) is 1. The van der Waals surface area contributed by atoms with Crippen LogP contribution in [0.1, 0.15) is 0 Å². The smallest absolute Gasteiger partial charge is 0.343 e. The summed E-state index contributed by atoms with van der Waals surface area (Å²) in [5.41, 5.74) is 10.7. The van der Waals surface area contributed by atoms with Crippen molar-refractivity contribution in [3.05, 3.63) is 0 Å². The number of hydrogen-bond donors (Lipinski definition) is 4. The van der Waals surface area contributed by atoms with Crippen molar-refractivity contribution >= 4 is 29.6 Å². The first-order valence-corrected chi connectivity index (χ1v) is 5.37. The van der Waals surface area contributed by atoms with Crippen LogP contribution in [0.25, 0.3) is 0 Å². The Morgan fingerprint density at radius 3 is 2.87 bits per heavy atom. The highest BCUT2D eigenvalue weighted by molar-refractivity contribution is 7.99. The van der Waals surface area contributed by atoms with Crippen molar-refractivity contribution in [2.24, 2.45) is 16.5 Å². The van der Waals surface area contributed by atoms with Gasteiger partial charge in [0.2, 0.25) is 0 Å². The fourth-order valence-electron chi connectivity index (χ4n) is 0.962. The van der Waals surface area contributed by atoms with Crippen molar-refractivity contribution in [3.63, 3.8) is 0 Å². The second-order valence-electron chi connectivity index (χ2n) is 3.02. The minimum absolute atomic E-state index is 0.233. The topological polar surface area (TPSA) is 131 Å². The molecule has 1 rings (SSSR count). The van der Waals surface area contributed by atoms with Gasteiger partial charge < -0.3 is 21.9 Å². The van der Waals surface area contributed by atoms with E-state index in [-0.39, 0.29) is 17.6 Å². The van der Waals surface area contributed by atoms with Crippen molar-refractivity contribution in [1.29, 1.82) is 0 Å². The maximum atomic E-state index is 10.8. The number of nitrogens with two attached hydrogens (primary N) is 2. The van der Waals surface area contributed by atoms with E-state index >= 15 is 0 Å². The van der Waals surface area contributed by atoms with Gasteiger partial charge in [-0.2, -0.15) is 16.8 Å². The number of rotatable bonds is 5. The van der Waals surface area contributed by atoms with Crippen molar-refractivity contribution in [2.75, 3.05) is 11.5 Å². The molecule has 7 nitrogen and oxygen atoms in total. The minimum atomic E-state index is -1.04. The van der Waals surface area contributed by atoms with Crippen LogP contribution in [-0.2, 0) is 4.79 Å². The Bertz CT molecular complexity index is 307. The Balaban J connectivity index is 2.25. The van der Waals surface area contributed by atoms with Crippen LogP contribution in [0, 0.1) is 0 Å². The number of amides is 2. The van der Waals surface area contributed by atoms with Crippen LogP contribution in [0.15, 0.2) is 4.99 Å². The van der Waals surface area contributed by atoms with Crippen LogP contribution in [0.5, 0.6) is 0 Å². The second kappa shape index (κ2) is 4.99. The van der Waals surface area contributed by atoms with Gasteiger partial charge in [-0.1, -0.05) is 0 Å². The number of nitrogens with zero attached hydrogens (tertiary/aromatic N) is 1. The average Bonchev–Trinajstić information content (AvgIpc) is 2.45. The van der Waals surface area contributed by atoms with Gasteiger partial charge in [-0.05, 0) is 0 Å². The number of carboxylic acids is 1. The third-order valence-corrected chi connectivity index (χ3v) is 2.95. The number of nitrogens with one attached hydrogen (secondary N) is 1. The Morgan fingerprint density at radius 1 is 1.73 bits per heavy atom. The number of aliphatic carboxylic acids is 1. The first-order valence-electron chi connectivity index (χ1n) is 4.21.